The number of aromatic nitrogens is 3. The van der Waals surface area contributed by atoms with Gasteiger partial charge in [0.1, 0.15) is 16.7 Å². The summed E-state index contributed by atoms with van der Waals surface area (Å²) in [5.74, 6) is 0. The average molecular weight is 460 g/mol. The molecule has 0 aliphatic heterocycles. The second-order valence-electron chi connectivity index (χ2n) is 9.47. The van der Waals surface area contributed by atoms with E-state index in [1.165, 1.54) is 27.4 Å². The van der Waals surface area contributed by atoms with Gasteiger partial charge in [-0.2, -0.15) is 0 Å². The van der Waals surface area contributed by atoms with Crippen LogP contribution in [-0.4, -0.2) is 14.4 Å². The van der Waals surface area contributed by atoms with Gasteiger partial charge >= 0.3 is 0 Å². The summed E-state index contributed by atoms with van der Waals surface area (Å²) in [4.78, 5) is 10.1. The van der Waals surface area contributed by atoms with Gasteiger partial charge in [0, 0.05) is 33.0 Å². The molecule has 4 aromatic heterocycles. The van der Waals surface area contributed by atoms with Gasteiger partial charge in [0.15, 0.2) is 5.65 Å². The molecule has 0 amide bonds. The van der Waals surface area contributed by atoms with Gasteiger partial charge in [0.2, 0.25) is 0 Å². The Kier molecular flexibility index (Phi) is 3.25. The SMILES string of the molecule is c1ccc(-c2ccc3oc4cc5c(cc4c3c2)c2cccc3c4nc6ccccc6nc4n5c23)cc1. The van der Waals surface area contributed by atoms with Gasteiger partial charge in [-0.1, -0.05) is 66.7 Å². The van der Waals surface area contributed by atoms with E-state index in [2.05, 4.69) is 77.2 Å². The van der Waals surface area contributed by atoms with Gasteiger partial charge in [0.05, 0.1) is 22.1 Å². The van der Waals surface area contributed by atoms with Crippen LogP contribution < -0.4 is 0 Å². The molecule has 0 radical (unpaired) electrons. The Morgan fingerprint density at radius 1 is 0.528 bits per heavy atom. The quantitative estimate of drug-likeness (QED) is 0.248. The van der Waals surface area contributed by atoms with Crippen molar-refractivity contribution in [1.29, 1.82) is 0 Å². The maximum atomic E-state index is 6.37. The van der Waals surface area contributed by atoms with Crippen LogP contribution in [0.25, 0.3) is 82.5 Å². The molecule has 5 aromatic carbocycles. The zero-order valence-corrected chi connectivity index (χ0v) is 19.1. The van der Waals surface area contributed by atoms with E-state index >= 15 is 0 Å². The standard InChI is InChI=1S/C32H17N3O/c1-2-7-18(8-3-1)19-13-14-28-23(15-19)24-16-22-20-9-6-10-21-30-32(34-26-12-5-4-11-25(26)33-30)35(31(20)21)27(22)17-29(24)36-28/h1-17H. The lowest BCUT2D eigenvalue weighted by molar-refractivity contribution is 0.669. The molecule has 9 aromatic rings. The minimum Gasteiger partial charge on any atom is -0.456 e. The van der Waals surface area contributed by atoms with Gasteiger partial charge < -0.3 is 4.42 Å². The number of nitrogens with zero attached hydrogens (tertiary/aromatic N) is 3. The molecule has 0 unspecified atom stereocenters. The smallest absolute Gasteiger partial charge is 0.165 e. The Morgan fingerprint density at radius 3 is 2.19 bits per heavy atom. The number of rotatable bonds is 1. The second kappa shape index (κ2) is 6.37. The van der Waals surface area contributed by atoms with E-state index in [0.29, 0.717) is 0 Å². The van der Waals surface area contributed by atoms with E-state index in [1.54, 1.807) is 0 Å². The van der Waals surface area contributed by atoms with Gasteiger partial charge in [-0.3, -0.25) is 4.40 Å². The molecule has 36 heavy (non-hydrogen) atoms. The van der Waals surface area contributed by atoms with Gasteiger partial charge in [-0.05, 0) is 41.5 Å². The van der Waals surface area contributed by atoms with E-state index in [-0.39, 0.29) is 0 Å². The predicted octanol–water partition coefficient (Wildman–Crippen LogP) is 8.35. The molecule has 9 rings (SSSR count). The zero-order valence-electron chi connectivity index (χ0n) is 19.1. The van der Waals surface area contributed by atoms with Gasteiger partial charge in [-0.15, -0.1) is 0 Å². The normalized spacial score (nSPS) is 12.4. The monoisotopic (exact) mass is 459 g/mol. The van der Waals surface area contributed by atoms with Gasteiger partial charge in [0.25, 0.3) is 0 Å². The highest BCUT2D eigenvalue weighted by Gasteiger charge is 2.21. The van der Waals surface area contributed by atoms with Crippen molar-refractivity contribution in [2.45, 2.75) is 0 Å². The van der Waals surface area contributed by atoms with Crippen molar-refractivity contribution in [3.05, 3.63) is 103 Å². The minimum atomic E-state index is 0.880. The second-order valence-corrected chi connectivity index (χ2v) is 9.47. The van der Waals surface area contributed by atoms with Crippen molar-refractivity contribution < 1.29 is 4.42 Å². The summed E-state index contributed by atoms with van der Waals surface area (Å²) < 4.78 is 8.63. The first-order chi connectivity index (χ1) is 17.8. The molecular weight excluding hydrogens is 442 g/mol. The number of hydrogen-bond acceptors (Lipinski definition) is 3. The highest BCUT2D eigenvalue weighted by molar-refractivity contribution is 6.25. The molecule has 4 nitrogen and oxygen atoms in total. The van der Waals surface area contributed by atoms with Crippen LogP contribution >= 0.6 is 0 Å². The molecule has 0 aliphatic rings. The van der Waals surface area contributed by atoms with Crippen LogP contribution in [0.5, 0.6) is 0 Å². The molecule has 0 aliphatic carbocycles. The first-order valence-corrected chi connectivity index (χ1v) is 12.1. The van der Waals surface area contributed by atoms with Crippen LogP contribution in [0, 0.1) is 0 Å². The fraction of sp³-hybridized carbons (Fsp3) is 0. The highest BCUT2D eigenvalue weighted by atomic mass is 16.3. The van der Waals surface area contributed by atoms with Crippen LogP contribution in [0.3, 0.4) is 0 Å². The molecule has 166 valence electrons. The average Bonchev–Trinajstić information content (AvgIpc) is 3.57. The molecule has 0 fully saturated rings. The van der Waals surface area contributed by atoms with E-state index < -0.39 is 0 Å². The fourth-order valence-electron chi connectivity index (χ4n) is 5.88. The van der Waals surface area contributed by atoms with E-state index in [9.17, 15) is 0 Å². The maximum Gasteiger partial charge on any atom is 0.165 e. The number of furan rings is 1. The van der Waals surface area contributed by atoms with E-state index in [4.69, 9.17) is 14.4 Å². The molecule has 0 saturated carbocycles. The summed E-state index contributed by atoms with van der Waals surface area (Å²) in [6.45, 7) is 0. The van der Waals surface area contributed by atoms with Crippen molar-refractivity contribution in [1.82, 2.24) is 14.4 Å². The van der Waals surface area contributed by atoms with Crippen LogP contribution in [0.2, 0.25) is 0 Å². The predicted molar refractivity (Wildman–Crippen MR) is 147 cm³/mol. The van der Waals surface area contributed by atoms with Crippen molar-refractivity contribution in [3.63, 3.8) is 0 Å². The zero-order chi connectivity index (χ0) is 23.4. The number of hydrogen-bond donors (Lipinski definition) is 0. The molecular formula is C32H17N3O. The van der Waals surface area contributed by atoms with Crippen molar-refractivity contribution in [3.8, 4) is 11.1 Å². The Labute approximate surface area is 204 Å². The third-order valence-corrected chi connectivity index (χ3v) is 7.50. The third-order valence-electron chi connectivity index (χ3n) is 7.50. The van der Waals surface area contributed by atoms with E-state index in [1.807, 2.05) is 30.3 Å². The molecule has 4 heteroatoms. The van der Waals surface area contributed by atoms with Crippen molar-refractivity contribution >= 4 is 71.3 Å². The molecule has 0 spiro atoms. The molecule has 0 bridgehead atoms. The summed E-state index contributed by atoms with van der Waals surface area (Å²) in [5, 5.41) is 5.80. The van der Waals surface area contributed by atoms with Gasteiger partial charge in [-0.25, -0.2) is 9.97 Å². The molecule has 0 atom stereocenters. The Bertz CT molecular complexity index is 2310. The first kappa shape index (κ1) is 18.4. The molecule has 0 N–H and O–H groups in total. The largest absolute Gasteiger partial charge is 0.456 e. The Balaban J connectivity index is 1.43. The maximum absolute atomic E-state index is 6.37. The number of fused-ring (bicyclic) bond motifs is 10. The summed E-state index contributed by atoms with van der Waals surface area (Å²) in [5.41, 5.74) is 10.1. The molecule has 4 heterocycles. The number of para-hydroxylation sites is 3. The topological polar surface area (TPSA) is 43.3 Å². The Hall–Kier alpha value is -4.96. The number of benzene rings is 5. The summed E-state index contributed by atoms with van der Waals surface area (Å²) in [7, 11) is 0. The lowest BCUT2D eigenvalue weighted by Gasteiger charge is -2.01. The van der Waals surface area contributed by atoms with E-state index in [0.717, 1.165) is 55.0 Å². The Morgan fingerprint density at radius 2 is 1.31 bits per heavy atom. The third kappa shape index (κ3) is 2.24. The van der Waals surface area contributed by atoms with Crippen LogP contribution in [0.1, 0.15) is 0 Å². The fourth-order valence-corrected chi connectivity index (χ4v) is 5.88. The molecule has 0 saturated heterocycles. The highest BCUT2D eigenvalue weighted by Crippen LogP contribution is 2.41. The summed E-state index contributed by atoms with van der Waals surface area (Å²) in [6, 6.07) is 35.9. The van der Waals surface area contributed by atoms with Crippen LogP contribution in [-0.2, 0) is 0 Å². The first-order valence-electron chi connectivity index (χ1n) is 12.1. The van der Waals surface area contributed by atoms with Crippen LogP contribution in [0.15, 0.2) is 108 Å². The minimum absolute atomic E-state index is 0.880. The lowest BCUT2D eigenvalue weighted by Crippen LogP contribution is -1.88. The van der Waals surface area contributed by atoms with Crippen LogP contribution in [0.4, 0.5) is 0 Å². The summed E-state index contributed by atoms with van der Waals surface area (Å²) in [6.07, 6.45) is 0. The van der Waals surface area contributed by atoms with Crippen molar-refractivity contribution in [2.24, 2.45) is 0 Å². The van der Waals surface area contributed by atoms with Crippen molar-refractivity contribution in [2.75, 3.05) is 0 Å². The lowest BCUT2D eigenvalue weighted by atomic mass is 10.0. The summed E-state index contributed by atoms with van der Waals surface area (Å²) >= 11 is 0.